The number of hydrogen-bond donors (Lipinski definition) is 0. The van der Waals surface area contributed by atoms with Gasteiger partial charge < -0.3 is 19.3 Å². The van der Waals surface area contributed by atoms with Gasteiger partial charge in [-0.05, 0) is 25.2 Å². The Bertz CT molecular complexity index is 451. The lowest BCUT2D eigenvalue weighted by atomic mass is 10.0. The summed E-state index contributed by atoms with van der Waals surface area (Å²) in [7, 11) is 0. The SMILES string of the molecule is O=C(CCOCC1CCCO1)N1CCN(C(=O)CCC2CCCC2)CC1. The quantitative estimate of drug-likeness (QED) is 0.618. The van der Waals surface area contributed by atoms with E-state index < -0.39 is 0 Å². The normalized spacial score (nSPS) is 24.4. The van der Waals surface area contributed by atoms with Crippen LogP contribution in [0.25, 0.3) is 0 Å². The first-order chi connectivity index (χ1) is 12.7. The summed E-state index contributed by atoms with van der Waals surface area (Å²) in [6.45, 7) is 4.53. The Kier molecular flexibility index (Phi) is 7.74. The topological polar surface area (TPSA) is 59.1 Å². The van der Waals surface area contributed by atoms with Crippen molar-refractivity contribution < 1.29 is 19.1 Å². The molecular formula is C20H34N2O4. The fraction of sp³-hybridized carbons (Fsp3) is 0.900. The molecule has 3 fully saturated rings. The highest BCUT2D eigenvalue weighted by Crippen LogP contribution is 2.28. The van der Waals surface area contributed by atoms with Crippen LogP contribution < -0.4 is 0 Å². The van der Waals surface area contributed by atoms with E-state index >= 15 is 0 Å². The van der Waals surface area contributed by atoms with E-state index in [4.69, 9.17) is 9.47 Å². The molecule has 3 aliphatic rings. The lowest BCUT2D eigenvalue weighted by Gasteiger charge is -2.35. The maximum absolute atomic E-state index is 12.4. The highest BCUT2D eigenvalue weighted by atomic mass is 16.5. The summed E-state index contributed by atoms with van der Waals surface area (Å²) in [4.78, 5) is 28.4. The number of ether oxygens (including phenoxy) is 2. The molecule has 148 valence electrons. The van der Waals surface area contributed by atoms with E-state index in [2.05, 4.69) is 0 Å². The zero-order chi connectivity index (χ0) is 18.2. The molecule has 0 radical (unpaired) electrons. The van der Waals surface area contributed by atoms with Crippen LogP contribution in [0.5, 0.6) is 0 Å². The molecule has 1 saturated carbocycles. The standard InChI is InChI=1S/C20H34N2O4/c23-19(8-7-17-4-1-2-5-17)21-10-12-22(13-11-21)20(24)9-15-25-16-18-6-3-14-26-18/h17-18H,1-16H2. The molecule has 26 heavy (non-hydrogen) atoms. The van der Waals surface area contributed by atoms with Crippen molar-refractivity contribution in [3.05, 3.63) is 0 Å². The molecule has 1 unspecified atom stereocenters. The maximum atomic E-state index is 12.4. The monoisotopic (exact) mass is 366 g/mol. The molecule has 0 bridgehead atoms. The molecule has 0 aromatic rings. The lowest BCUT2D eigenvalue weighted by molar-refractivity contribution is -0.140. The van der Waals surface area contributed by atoms with E-state index in [9.17, 15) is 9.59 Å². The molecule has 3 rings (SSSR count). The van der Waals surface area contributed by atoms with Gasteiger partial charge in [0, 0.05) is 39.2 Å². The van der Waals surface area contributed by atoms with E-state index in [-0.39, 0.29) is 17.9 Å². The molecule has 6 heteroatoms. The van der Waals surface area contributed by atoms with E-state index in [0.29, 0.717) is 52.2 Å². The Labute approximate surface area is 157 Å². The van der Waals surface area contributed by atoms with Crippen molar-refractivity contribution >= 4 is 11.8 Å². The van der Waals surface area contributed by atoms with Crippen LogP contribution in [0.1, 0.15) is 57.8 Å². The van der Waals surface area contributed by atoms with Crippen LogP contribution in [0.3, 0.4) is 0 Å². The zero-order valence-electron chi connectivity index (χ0n) is 16.0. The third-order valence-corrected chi connectivity index (χ3v) is 6.01. The molecule has 2 aliphatic heterocycles. The predicted molar refractivity (Wildman–Crippen MR) is 98.8 cm³/mol. The fourth-order valence-corrected chi connectivity index (χ4v) is 4.30. The molecule has 6 nitrogen and oxygen atoms in total. The number of carbonyl (C=O) groups is 2. The summed E-state index contributed by atoms with van der Waals surface area (Å²) in [5, 5.41) is 0. The maximum Gasteiger partial charge on any atom is 0.225 e. The number of carbonyl (C=O) groups excluding carboxylic acids is 2. The van der Waals surface area contributed by atoms with E-state index in [0.717, 1.165) is 31.8 Å². The van der Waals surface area contributed by atoms with Crippen LogP contribution >= 0.6 is 0 Å². The Balaban J connectivity index is 1.26. The molecule has 1 aliphatic carbocycles. The van der Waals surface area contributed by atoms with Gasteiger partial charge in [0.15, 0.2) is 0 Å². The van der Waals surface area contributed by atoms with Gasteiger partial charge in [-0.1, -0.05) is 25.7 Å². The van der Waals surface area contributed by atoms with Crippen LogP contribution in [0, 0.1) is 5.92 Å². The number of amides is 2. The lowest BCUT2D eigenvalue weighted by Crippen LogP contribution is -2.50. The Morgan fingerprint density at radius 3 is 2.15 bits per heavy atom. The second-order valence-corrected chi connectivity index (χ2v) is 7.91. The molecule has 2 saturated heterocycles. The minimum Gasteiger partial charge on any atom is -0.378 e. The van der Waals surface area contributed by atoms with Crippen LogP contribution in [-0.4, -0.2) is 73.7 Å². The summed E-state index contributed by atoms with van der Waals surface area (Å²) in [6.07, 6.45) is 9.77. The highest BCUT2D eigenvalue weighted by molar-refractivity contribution is 5.78. The highest BCUT2D eigenvalue weighted by Gasteiger charge is 2.25. The molecule has 0 spiro atoms. The zero-order valence-corrected chi connectivity index (χ0v) is 16.0. The van der Waals surface area contributed by atoms with Gasteiger partial charge in [0.2, 0.25) is 11.8 Å². The third-order valence-electron chi connectivity index (χ3n) is 6.01. The minimum atomic E-state index is 0.135. The van der Waals surface area contributed by atoms with E-state index in [1.807, 2.05) is 9.80 Å². The first-order valence-corrected chi connectivity index (χ1v) is 10.5. The van der Waals surface area contributed by atoms with Crippen molar-refractivity contribution in [3.63, 3.8) is 0 Å². The molecule has 2 heterocycles. The largest absolute Gasteiger partial charge is 0.378 e. The first-order valence-electron chi connectivity index (χ1n) is 10.5. The van der Waals surface area contributed by atoms with Crippen molar-refractivity contribution in [2.75, 3.05) is 46.0 Å². The van der Waals surface area contributed by atoms with Crippen molar-refractivity contribution in [3.8, 4) is 0 Å². The third kappa shape index (κ3) is 5.95. The van der Waals surface area contributed by atoms with Gasteiger partial charge in [0.05, 0.1) is 25.7 Å². The number of piperazine rings is 1. The second-order valence-electron chi connectivity index (χ2n) is 7.91. The Hall–Kier alpha value is -1.14. The number of rotatable bonds is 8. The minimum absolute atomic E-state index is 0.135. The summed E-state index contributed by atoms with van der Waals surface area (Å²) >= 11 is 0. The summed E-state index contributed by atoms with van der Waals surface area (Å²) in [6, 6.07) is 0. The molecular weight excluding hydrogens is 332 g/mol. The van der Waals surface area contributed by atoms with Gasteiger partial charge in [-0.2, -0.15) is 0 Å². The van der Waals surface area contributed by atoms with Crippen molar-refractivity contribution in [1.82, 2.24) is 9.80 Å². The van der Waals surface area contributed by atoms with Crippen LogP contribution in [0.15, 0.2) is 0 Å². The van der Waals surface area contributed by atoms with Gasteiger partial charge in [0.25, 0.3) is 0 Å². The summed E-state index contributed by atoms with van der Waals surface area (Å²) in [5.41, 5.74) is 0. The molecule has 1 atom stereocenters. The van der Waals surface area contributed by atoms with Crippen LogP contribution in [0.4, 0.5) is 0 Å². The fourth-order valence-electron chi connectivity index (χ4n) is 4.30. The van der Waals surface area contributed by atoms with Crippen molar-refractivity contribution in [2.45, 2.75) is 63.9 Å². The number of hydrogen-bond acceptors (Lipinski definition) is 4. The van der Waals surface area contributed by atoms with Crippen molar-refractivity contribution in [1.29, 1.82) is 0 Å². The molecule has 0 aromatic carbocycles. The predicted octanol–water partition coefficient (Wildman–Crippen LogP) is 2.21. The Morgan fingerprint density at radius 1 is 0.885 bits per heavy atom. The first kappa shape index (κ1) is 19.6. The molecule has 2 amide bonds. The van der Waals surface area contributed by atoms with Crippen molar-refractivity contribution in [2.24, 2.45) is 5.92 Å². The van der Waals surface area contributed by atoms with Gasteiger partial charge in [0.1, 0.15) is 0 Å². The molecule has 0 N–H and O–H groups in total. The average Bonchev–Trinajstić information content (AvgIpc) is 3.37. The molecule has 0 aromatic heterocycles. The summed E-state index contributed by atoms with van der Waals surface area (Å²) < 4.78 is 11.1. The summed E-state index contributed by atoms with van der Waals surface area (Å²) in [5.74, 6) is 1.16. The van der Waals surface area contributed by atoms with E-state index in [1.54, 1.807) is 0 Å². The van der Waals surface area contributed by atoms with Gasteiger partial charge in [-0.3, -0.25) is 9.59 Å². The van der Waals surface area contributed by atoms with Gasteiger partial charge in [-0.25, -0.2) is 0 Å². The Morgan fingerprint density at radius 2 is 1.54 bits per heavy atom. The van der Waals surface area contributed by atoms with Gasteiger partial charge in [-0.15, -0.1) is 0 Å². The average molecular weight is 367 g/mol. The second kappa shape index (κ2) is 10.3. The van der Waals surface area contributed by atoms with Gasteiger partial charge >= 0.3 is 0 Å². The van der Waals surface area contributed by atoms with Crippen LogP contribution in [-0.2, 0) is 19.1 Å². The smallest absolute Gasteiger partial charge is 0.225 e. The van der Waals surface area contributed by atoms with Crippen LogP contribution in [0.2, 0.25) is 0 Å². The number of nitrogens with zero attached hydrogens (tertiary/aromatic N) is 2. The van der Waals surface area contributed by atoms with E-state index in [1.165, 1.54) is 25.7 Å².